The lowest BCUT2D eigenvalue weighted by Gasteiger charge is -2.29. The first-order valence-corrected chi connectivity index (χ1v) is 15.0. The Kier molecular flexibility index (Phi) is 10.2. The van der Waals surface area contributed by atoms with Crippen molar-refractivity contribution in [1.82, 2.24) is 20.4 Å². The van der Waals surface area contributed by atoms with E-state index in [0.717, 1.165) is 36.1 Å². The largest absolute Gasteiger partial charge is 0.497 e. The molecule has 4 rings (SSSR count). The smallest absolute Gasteiger partial charge is 0.264 e. The number of likely N-dealkylation sites (N-methyl/N-ethyl adjacent to an activating group) is 1. The highest BCUT2D eigenvalue weighted by Gasteiger charge is 2.30. The van der Waals surface area contributed by atoms with Crippen LogP contribution in [0.2, 0.25) is 0 Å². The second kappa shape index (κ2) is 13.8. The summed E-state index contributed by atoms with van der Waals surface area (Å²) in [4.78, 5) is 57.0. The maximum atomic E-state index is 13.6. The van der Waals surface area contributed by atoms with Crippen LogP contribution in [0.1, 0.15) is 65.4 Å². The molecule has 2 aliphatic rings. The first-order valence-electron chi connectivity index (χ1n) is 14.1. The van der Waals surface area contributed by atoms with Crippen LogP contribution in [0.15, 0.2) is 29.6 Å². The molecule has 2 atom stereocenters. The number of amides is 4. The van der Waals surface area contributed by atoms with Crippen LogP contribution in [0.4, 0.5) is 0 Å². The number of thiophene rings is 1. The van der Waals surface area contributed by atoms with Crippen molar-refractivity contribution in [3.05, 3.63) is 51.2 Å². The minimum absolute atomic E-state index is 0.00450. The highest BCUT2D eigenvalue weighted by atomic mass is 32.1. The second-order valence-corrected chi connectivity index (χ2v) is 11.5. The molecule has 0 bridgehead atoms. The minimum Gasteiger partial charge on any atom is -0.497 e. The number of ether oxygens (including phenoxy) is 1. The highest BCUT2D eigenvalue weighted by Crippen LogP contribution is 2.31. The van der Waals surface area contributed by atoms with Crippen molar-refractivity contribution < 1.29 is 23.9 Å². The van der Waals surface area contributed by atoms with Crippen molar-refractivity contribution in [2.24, 2.45) is 0 Å². The van der Waals surface area contributed by atoms with Crippen molar-refractivity contribution in [3.8, 4) is 5.75 Å². The first-order chi connectivity index (χ1) is 19.3. The van der Waals surface area contributed by atoms with E-state index in [0.29, 0.717) is 38.2 Å². The van der Waals surface area contributed by atoms with Crippen LogP contribution in [-0.2, 0) is 33.6 Å². The molecular formula is C30H40N4O5S. The number of benzene rings is 1. The molecular weight excluding hydrogens is 528 g/mol. The summed E-state index contributed by atoms with van der Waals surface area (Å²) in [5, 5.41) is 7.92. The van der Waals surface area contributed by atoms with Gasteiger partial charge in [0.15, 0.2) is 0 Å². The Hall–Kier alpha value is -3.40. The molecule has 1 aliphatic heterocycles. The second-order valence-electron chi connectivity index (χ2n) is 10.6. The summed E-state index contributed by atoms with van der Waals surface area (Å²) in [6.45, 7) is 2.98. The number of hydrogen-bond acceptors (Lipinski definition) is 6. The molecule has 2 heterocycles. The number of aryl methyl sites for hydroxylation is 1. The third-order valence-electron chi connectivity index (χ3n) is 7.86. The molecule has 4 amide bonds. The SMILES string of the molecule is COc1ccc(C[C@@H]2NC(=O)CCCN(C(=O)c3scc4c3CCCC4)CCCNC(=O)[C@H](C)N(C)C2=O)cc1. The van der Waals surface area contributed by atoms with Gasteiger partial charge in [-0.3, -0.25) is 19.2 Å². The van der Waals surface area contributed by atoms with Crippen LogP contribution >= 0.6 is 11.3 Å². The fraction of sp³-hybridized carbons (Fsp3) is 0.533. The van der Waals surface area contributed by atoms with Crippen molar-refractivity contribution in [3.63, 3.8) is 0 Å². The molecule has 1 fully saturated rings. The minimum atomic E-state index is -0.832. The van der Waals surface area contributed by atoms with Crippen molar-refractivity contribution in [1.29, 1.82) is 0 Å². The third-order valence-corrected chi connectivity index (χ3v) is 8.92. The summed E-state index contributed by atoms with van der Waals surface area (Å²) < 4.78 is 5.22. The van der Waals surface area contributed by atoms with Gasteiger partial charge in [-0.1, -0.05) is 12.1 Å². The standard InChI is InChI=1S/C30H40N4O5S/c1-20-28(36)31-15-7-17-34(30(38)27-24-9-5-4-8-22(24)19-40-27)16-6-10-26(35)32-25(29(37)33(20)2)18-21-11-13-23(39-3)14-12-21/h11-14,19-20,25H,4-10,15-18H2,1-3H3,(H,31,36)(H,32,35)/t20-,25-/m0/s1. The Morgan fingerprint density at radius 3 is 2.50 bits per heavy atom. The van der Waals surface area contributed by atoms with Gasteiger partial charge in [-0.25, -0.2) is 0 Å². The van der Waals surface area contributed by atoms with E-state index in [-0.39, 0.29) is 36.5 Å². The maximum absolute atomic E-state index is 13.6. The molecule has 1 aromatic heterocycles. The Morgan fingerprint density at radius 1 is 1.02 bits per heavy atom. The Bertz CT molecular complexity index is 1210. The summed E-state index contributed by atoms with van der Waals surface area (Å²) in [7, 11) is 3.17. The van der Waals surface area contributed by atoms with Gasteiger partial charge in [-0.05, 0) is 79.7 Å². The molecule has 9 nitrogen and oxygen atoms in total. The van der Waals surface area contributed by atoms with E-state index in [1.807, 2.05) is 29.2 Å². The van der Waals surface area contributed by atoms with Gasteiger partial charge < -0.3 is 25.2 Å². The van der Waals surface area contributed by atoms with E-state index in [1.54, 1.807) is 21.1 Å². The molecule has 40 heavy (non-hydrogen) atoms. The molecule has 10 heteroatoms. The molecule has 0 radical (unpaired) electrons. The summed E-state index contributed by atoms with van der Waals surface area (Å²) in [5.41, 5.74) is 3.33. The third kappa shape index (κ3) is 7.21. The van der Waals surface area contributed by atoms with E-state index in [1.165, 1.54) is 27.4 Å². The average molecular weight is 569 g/mol. The molecule has 0 saturated carbocycles. The van der Waals surface area contributed by atoms with E-state index in [9.17, 15) is 19.2 Å². The van der Waals surface area contributed by atoms with Crippen LogP contribution in [-0.4, -0.2) is 79.3 Å². The fourth-order valence-corrected chi connectivity index (χ4v) is 6.42. The first kappa shape index (κ1) is 29.6. The number of nitrogens with zero attached hydrogens (tertiary/aromatic N) is 2. The lowest BCUT2D eigenvalue weighted by Crippen LogP contribution is -2.54. The average Bonchev–Trinajstić information content (AvgIpc) is 3.40. The van der Waals surface area contributed by atoms with Gasteiger partial charge in [0.2, 0.25) is 17.7 Å². The van der Waals surface area contributed by atoms with Gasteiger partial charge in [-0.15, -0.1) is 11.3 Å². The van der Waals surface area contributed by atoms with E-state index in [4.69, 9.17) is 4.74 Å². The Morgan fingerprint density at radius 2 is 1.75 bits per heavy atom. The number of methoxy groups -OCH3 is 1. The zero-order chi connectivity index (χ0) is 28.6. The van der Waals surface area contributed by atoms with Crippen LogP contribution in [0.3, 0.4) is 0 Å². The molecule has 2 N–H and O–H groups in total. The molecule has 0 spiro atoms. The predicted molar refractivity (Wildman–Crippen MR) is 155 cm³/mol. The molecule has 2 aromatic rings. The number of hydrogen-bond donors (Lipinski definition) is 2. The predicted octanol–water partition coefficient (Wildman–Crippen LogP) is 2.95. The van der Waals surface area contributed by atoms with E-state index in [2.05, 4.69) is 16.0 Å². The Balaban J connectivity index is 1.50. The van der Waals surface area contributed by atoms with Gasteiger partial charge in [0.1, 0.15) is 17.8 Å². The van der Waals surface area contributed by atoms with Crippen molar-refractivity contribution >= 4 is 35.0 Å². The van der Waals surface area contributed by atoms with E-state index >= 15 is 0 Å². The molecule has 1 aromatic carbocycles. The number of carbonyl (C=O) groups excluding carboxylic acids is 4. The zero-order valence-corrected chi connectivity index (χ0v) is 24.5. The summed E-state index contributed by atoms with van der Waals surface area (Å²) in [5.74, 6) is -0.157. The van der Waals surface area contributed by atoms with Crippen LogP contribution < -0.4 is 15.4 Å². The van der Waals surface area contributed by atoms with E-state index < -0.39 is 12.1 Å². The molecule has 1 saturated heterocycles. The highest BCUT2D eigenvalue weighted by molar-refractivity contribution is 7.12. The topological polar surface area (TPSA) is 108 Å². The number of fused-ring (bicyclic) bond motifs is 1. The molecule has 1 aliphatic carbocycles. The van der Waals surface area contributed by atoms with Gasteiger partial charge >= 0.3 is 0 Å². The normalized spacial score (nSPS) is 21.5. The quantitative estimate of drug-likeness (QED) is 0.590. The van der Waals surface area contributed by atoms with Crippen LogP contribution in [0.5, 0.6) is 5.75 Å². The van der Waals surface area contributed by atoms with Crippen LogP contribution in [0, 0.1) is 0 Å². The summed E-state index contributed by atoms with van der Waals surface area (Å²) in [6, 6.07) is 5.78. The van der Waals surface area contributed by atoms with Crippen molar-refractivity contribution in [2.75, 3.05) is 33.8 Å². The fourth-order valence-electron chi connectivity index (χ4n) is 5.29. The lowest BCUT2D eigenvalue weighted by molar-refractivity contribution is -0.141. The number of rotatable bonds is 4. The number of nitrogens with one attached hydrogen (secondary N) is 2. The van der Waals surface area contributed by atoms with Gasteiger partial charge in [0.25, 0.3) is 5.91 Å². The van der Waals surface area contributed by atoms with Crippen LogP contribution in [0.25, 0.3) is 0 Å². The Labute approximate surface area is 240 Å². The van der Waals surface area contributed by atoms with Gasteiger partial charge in [-0.2, -0.15) is 0 Å². The van der Waals surface area contributed by atoms with Crippen molar-refractivity contribution in [2.45, 2.75) is 70.4 Å². The maximum Gasteiger partial charge on any atom is 0.264 e. The number of carbonyl (C=O) groups is 4. The zero-order valence-electron chi connectivity index (χ0n) is 23.7. The summed E-state index contributed by atoms with van der Waals surface area (Å²) >= 11 is 1.52. The van der Waals surface area contributed by atoms with Gasteiger partial charge in [0, 0.05) is 39.5 Å². The monoisotopic (exact) mass is 568 g/mol. The summed E-state index contributed by atoms with van der Waals surface area (Å²) in [6.07, 6.45) is 5.74. The van der Waals surface area contributed by atoms with Gasteiger partial charge in [0.05, 0.1) is 12.0 Å². The molecule has 0 unspecified atom stereocenters. The lowest BCUT2D eigenvalue weighted by atomic mass is 9.93. The molecule has 216 valence electrons.